The van der Waals surface area contributed by atoms with Crippen molar-refractivity contribution in [2.24, 2.45) is 5.73 Å². The molecule has 1 aromatic carbocycles. The molecule has 0 aliphatic rings. The minimum atomic E-state index is -0.440. The molecule has 0 spiro atoms. The summed E-state index contributed by atoms with van der Waals surface area (Å²) in [4.78, 5) is 0. The molecule has 0 bridgehead atoms. The fourth-order valence-electron chi connectivity index (χ4n) is 1.76. The Balaban J connectivity index is 3.23. The van der Waals surface area contributed by atoms with Crippen LogP contribution in [0.25, 0.3) is 0 Å². The van der Waals surface area contributed by atoms with Gasteiger partial charge in [-0.2, -0.15) is 0 Å². The van der Waals surface area contributed by atoms with E-state index in [-0.39, 0.29) is 0 Å². The molecule has 1 heteroatoms. The van der Waals surface area contributed by atoms with Crippen molar-refractivity contribution in [3.8, 4) is 11.8 Å². The number of nitrogens with two attached hydrogens (primary N) is 1. The van der Waals surface area contributed by atoms with Crippen LogP contribution < -0.4 is 5.73 Å². The molecule has 18 heavy (non-hydrogen) atoms. The lowest BCUT2D eigenvalue weighted by atomic mass is 9.91. The van der Waals surface area contributed by atoms with Gasteiger partial charge in [-0.3, -0.25) is 0 Å². The fraction of sp³-hybridized carbons (Fsp3) is 0.529. The monoisotopic (exact) mass is 243 g/mol. The Morgan fingerprint density at radius 1 is 1.06 bits per heavy atom. The predicted molar refractivity (Wildman–Crippen MR) is 79.8 cm³/mol. The van der Waals surface area contributed by atoms with Crippen molar-refractivity contribution in [3.63, 3.8) is 0 Å². The zero-order valence-electron chi connectivity index (χ0n) is 12.5. The summed E-state index contributed by atoms with van der Waals surface area (Å²) in [7, 11) is 0. The maximum Gasteiger partial charge on any atom is 0.0722 e. The van der Waals surface area contributed by atoms with Gasteiger partial charge in [-0.25, -0.2) is 0 Å². The van der Waals surface area contributed by atoms with Gasteiger partial charge in [0.05, 0.1) is 5.54 Å². The van der Waals surface area contributed by atoms with Crippen LogP contribution in [-0.2, 0) is 0 Å². The quantitative estimate of drug-likeness (QED) is 0.780. The second-order valence-corrected chi connectivity index (χ2v) is 6.13. The van der Waals surface area contributed by atoms with Crippen LogP contribution in [0.1, 0.15) is 70.1 Å². The van der Waals surface area contributed by atoms with Crippen LogP contribution in [-0.4, -0.2) is 5.54 Å². The van der Waals surface area contributed by atoms with Crippen LogP contribution in [0.2, 0.25) is 0 Å². The predicted octanol–water partition coefficient (Wildman–Crippen LogP) is 4.02. The van der Waals surface area contributed by atoms with Gasteiger partial charge in [0.1, 0.15) is 0 Å². The highest BCUT2D eigenvalue weighted by Crippen LogP contribution is 2.24. The summed E-state index contributed by atoms with van der Waals surface area (Å²) in [6, 6.07) is 6.58. The Morgan fingerprint density at radius 2 is 1.67 bits per heavy atom. The van der Waals surface area contributed by atoms with Crippen molar-refractivity contribution < 1.29 is 0 Å². The van der Waals surface area contributed by atoms with E-state index in [1.165, 1.54) is 11.1 Å². The third kappa shape index (κ3) is 4.20. The average molecular weight is 243 g/mol. The summed E-state index contributed by atoms with van der Waals surface area (Å²) in [6.07, 6.45) is 0. The van der Waals surface area contributed by atoms with Crippen LogP contribution in [0.15, 0.2) is 18.2 Å². The largest absolute Gasteiger partial charge is 0.316 e. The molecular weight excluding hydrogens is 218 g/mol. The summed E-state index contributed by atoms with van der Waals surface area (Å²) >= 11 is 0. The second-order valence-electron chi connectivity index (χ2n) is 6.13. The van der Waals surface area contributed by atoms with E-state index in [1.807, 2.05) is 13.8 Å². The molecule has 1 nitrogen and oxygen atoms in total. The highest BCUT2D eigenvalue weighted by atomic mass is 14.7. The summed E-state index contributed by atoms with van der Waals surface area (Å²) < 4.78 is 0. The van der Waals surface area contributed by atoms with Gasteiger partial charge in [0.2, 0.25) is 0 Å². The molecule has 0 fully saturated rings. The van der Waals surface area contributed by atoms with Gasteiger partial charge in [-0.1, -0.05) is 51.7 Å². The zero-order valence-corrected chi connectivity index (χ0v) is 12.5. The van der Waals surface area contributed by atoms with Gasteiger partial charge in [0, 0.05) is 5.56 Å². The molecule has 0 saturated heterocycles. The van der Waals surface area contributed by atoms with Crippen molar-refractivity contribution in [2.45, 2.75) is 58.9 Å². The molecule has 0 saturated carbocycles. The van der Waals surface area contributed by atoms with Gasteiger partial charge >= 0.3 is 0 Å². The van der Waals surface area contributed by atoms with E-state index in [9.17, 15) is 0 Å². The van der Waals surface area contributed by atoms with Crippen LogP contribution >= 0.6 is 0 Å². The fourth-order valence-corrected chi connectivity index (χ4v) is 1.76. The smallest absolute Gasteiger partial charge is 0.0722 e. The Labute approximate surface area is 112 Å². The highest BCUT2D eigenvalue weighted by molar-refractivity contribution is 5.46. The molecule has 0 atom stereocenters. The molecule has 0 amide bonds. The third-order valence-electron chi connectivity index (χ3n) is 2.88. The topological polar surface area (TPSA) is 26.0 Å². The van der Waals surface area contributed by atoms with E-state index in [1.54, 1.807) is 0 Å². The van der Waals surface area contributed by atoms with E-state index in [2.05, 4.69) is 57.7 Å². The molecule has 0 unspecified atom stereocenters. The molecule has 2 N–H and O–H groups in total. The standard InChI is InChI=1S/C17H25N/c1-12(2)15-8-7-14(9-10-17(5,6)18)16(11-15)13(3)4/h7-8,11-13H,18H2,1-6H3. The molecule has 0 radical (unpaired) electrons. The van der Waals surface area contributed by atoms with Crippen LogP contribution in [0.5, 0.6) is 0 Å². The van der Waals surface area contributed by atoms with E-state index < -0.39 is 5.54 Å². The van der Waals surface area contributed by atoms with E-state index in [0.29, 0.717) is 11.8 Å². The van der Waals surface area contributed by atoms with Gasteiger partial charge < -0.3 is 5.73 Å². The molecule has 0 heterocycles. The van der Waals surface area contributed by atoms with Crippen molar-refractivity contribution in [3.05, 3.63) is 34.9 Å². The van der Waals surface area contributed by atoms with Gasteiger partial charge in [-0.15, -0.1) is 0 Å². The molecule has 0 aromatic heterocycles. The summed E-state index contributed by atoms with van der Waals surface area (Å²) in [5.41, 5.74) is 9.27. The highest BCUT2D eigenvalue weighted by Gasteiger charge is 2.09. The van der Waals surface area contributed by atoms with E-state index in [0.717, 1.165) is 5.56 Å². The Kier molecular flexibility index (Phi) is 4.59. The first-order valence-electron chi connectivity index (χ1n) is 6.66. The van der Waals surface area contributed by atoms with Gasteiger partial charge in [-0.05, 0) is 42.9 Å². The molecule has 0 aliphatic heterocycles. The lowest BCUT2D eigenvalue weighted by molar-refractivity contribution is 0.680. The van der Waals surface area contributed by atoms with Crippen molar-refractivity contribution >= 4 is 0 Å². The Morgan fingerprint density at radius 3 is 2.11 bits per heavy atom. The minimum absolute atomic E-state index is 0.440. The van der Waals surface area contributed by atoms with Crippen molar-refractivity contribution in [1.29, 1.82) is 0 Å². The van der Waals surface area contributed by atoms with Gasteiger partial charge in [0.25, 0.3) is 0 Å². The normalized spacial score (nSPS) is 11.6. The van der Waals surface area contributed by atoms with Crippen LogP contribution in [0.3, 0.4) is 0 Å². The molecular formula is C17H25N. The minimum Gasteiger partial charge on any atom is -0.316 e. The SMILES string of the molecule is CC(C)c1ccc(C#CC(C)(C)N)c(C(C)C)c1. The third-order valence-corrected chi connectivity index (χ3v) is 2.88. The average Bonchev–Trinajstić information content (AvgIpc) is 2.24. The van der Waals surface area contributed by atoms with E-state index >= 15 is 0 Å². The summed E-state index contributed by atoms with van der Waals surface area (Å²) in [6.45, 7) is 12.7. The molecule has 98 valence electrons. The second kappa shape index (κ2) is 5.59. The molecule has 0 aliphatic carbocycles. The van der Waals surface area contributed by atoms with Crippen LogP contribution in [0.4, 0.5) is 0 Å². The Hall–Kier alpha value is -1.26. The van der Waals surface area contributed by atoms with Crippen LogP contribution in [0, 0.1) is 11.8 Å². The Bertz CT molecular complexity index is 465. The number of hydrogen-bond donors (Lipinski definition) is 1. The number of hydrogen-bond acceptors (Lipinski definition) is 1. The molecule has 1 rings (SSSR count). The lowest BCUT2D eigenvalue weighted by Crippen LogP contribution is -2.29. The lowest BCUT2D eigenvalue weighted by Gasteiger charge is -2.14. The van der Waals surface area contributed by atoms with E-state index in [4.69, 9.17) is 5.73 Å². The molecule has 1 aromatic rings. The maximum atomic E-state index is 5.91. The van der Waals surface area contributed by atoms with Crippen molar-refractivity contribution in [1.82, 2.24) is 0 Å². The zero-order chi connectivity index (χ0) is 13.9. The number of rotatable bonds is 2. The first-order valence-corrected chi connectivity index (χ1v) is 6.66. The summed E-state index contributed by atoms with van der Waals surface area (Å²) in [5, 5.41) is 0. The number of benzene rings is 1. The first kappa shape index (κ1) is 14.8. The van der Waals surface area contributed by atoms with Gasteiger partial charge in [0.15, 0.2) is 0 Å². The maximum absolute atomic E-state index is 5.91. The first-order chi connectivity index (χ1) is 8.20. The van der Waals surface area contributed by atoms with Crippen molar-refractivity contribution in [2.75, 3.05) is 0 Å². The summed E-state index contributed by atoms with van der Waals surface area (Å²) in [5.74, 6) is 7.37.